The predicted molar refractivity (Wildman–Crippen MR) is 49.3 cm³/mol. The fraction of sp³-hybridized carbons (Fsp3) is 0.222. The second-order valence-electron chi connectivity index (χ2n) is 2.78. The van der Waals surface area contributed by atoms with Gasteiger partial charge >= 0.3 is 5.97 Å². The third-order valence-electron chi connectivity index (χ3n) is 1.69. The standard InChI is InChI=1S/C9H10FNO2.H2O/c10-7-3-1-6(2-4-7)5-8(11)9(12)13;/h1-4,8H,5,11H2,(H,12,13);1H2/t8-;/m0./s1. The normalized spacial score (nSPS) is 11.6. The van der Waals surface area contributed by atoms with Crippen LogP contribution < -0.4 is 5.73 Å². The van der Waals surface area contributed by atoms with Gasteiger partial charge in [0.2, 0.25) is 0 Å². The molecule has 5 N–H and O–H groups in total. The van der Waals surface area contributed by atoms with Crippen molar-refractivity contribution >= 4 is 5.97 Å². The van der Waals surface area contributed by atoms with E-state index in [1.807, 2.05) is 0 Å². The van der Waals surface area contributed by atoms with Gasteiger partial charge in [0.1, 0.15) is 11.9 Å². The topological polar surface area (TPSA) is 94.8 Å². The third kappa shape index (κ3) is 3.51. The molecule has 0 bridgehead atoms. The number of hydrogen-bond donors (Lipinski definition) is 2. The SMILES string of the molecule is N[C@@H](Cc1ccc(F)cc1)C(=O)O.O. The lowest BCUT2D eigenvalue weighted by Gasteiger charge is -2.05. The number of hydrogen-bond acceptors (Lipinski definition) is 2. The van der Waals surface area contributed by atoms with E-state index in [0.29, 0.717) is 0 Å². The molecule has 0 amide bonds. The van der Waals surface area contributed by atoms with Gasteiger partial charge in [0.25, 0.3) is 0 Å². The molecule has 0 heterocycles. The Morgan fingerprint density at radius 3 is 2.36 bits per heavy atom. The number of halogens is 1. The van der Waals surface area contributed by atoms with Crippen molar-refractivity contribution in [3.8, 4) is 0 Å². The summed E-state index contributed by atoms with van der Waals surface area (Å²) in [7, 11) is 0. The summed E-state index contributed by atoms with van der Waals surface area (Å²) in [5, 5.41) is 8.50. The fourth-order valence-electron chi connectivity index (χ4n) is 0.962. The minimum atomic E-state index is -1.05. The summed E-state index contributed by atoms with van der Waals surface area (Å²) in [4.78, 5) is 10.4. The Kier molecular flexibility index (Phi) is 4.76. The van der Waals surface area contributed by atoms with Crippen molar-refractivity contribution in [1.82, 2.24) is 0 Å². The molecule has 0 saturated carbocycles. The van der Waals surface area contributed by atoms with Crippen LogP contribution in [0.2, 0.25) is 0 Å². The van der Waals surface area contributed by atoms with Gasteiger partial charge in [-0.15, -0.1) is 0 Å². The molecule has 0 aliphatic heterocycles. The van der Waals surface area contributed by atoms with Crippen LogP contribution >= 0.6 is 0 Å². The van der Waals surface area contributed by atoms with Crippen molar-refractivity contribution in [2.45, 2.75) is 12.5 Å². The maximum Gasteiger partial charge on any atom is 0.320 e. The Bertz CT molecular complexity index is 299. The van der Waals surface area contributed by atoms with Gasteiger partial charge in [-0.05, 0) is 24.1 Å². The van der Waals surface area contributed by atoms with Crippen LogP contribution in [-0.4, -0.2) is 22.6 Å². The molecule has 1 atom stereocenters. The lowest BCUT2D eigenvalue weighted by Crippen LogP contribution is -2.32. The molecule has 78 valence electrons. The van der Waals surface area contributed by atoms with E-state index in [1.165, 1.54) is 24.3 Å². The molecule has 1 aromatic carbocycles. The van der Waals surface area contributed by atoms with Crippen molar-refractivity contribution < 1.29 is 19.8 Å². The Balaban J connectivity index is 0.00000169. The molecule has 1 rings (SSSR count). The Morgan fingerprint density at radius 1 is 1.43 bits per heavy atom. The molecular weight excluding hydrogens is 189 g/mol. The van der Waals surface area contributed by atoms with Crippen molar-refractivity contribution in [3.05, 3.63) is 35.6 Å². The smallest absolute Gasteiger partial charge is 0.320 e. The molecule has 0 unspecified atom stereocenters. The maximum atomic E-state index is 12.4. The van der Waals surface area contributed by atoms with Crippen LogP contribution in [0.1, 0.15) is 5.56 Å². The number of carboxylic acids is 1. The van der Waals surface area contributed by atoms with Gasteiger partial charge in [0, 0.05) is 0 Å². The molecule has 0 radical (unpaired) electrons. The minimum absolute atomic E-state index is 0. The number of aliphatic carboxylic acids is 1. The average Bonchev–Trinajstić information content (AvgIpc) is 2.08. The fourth-order valence-corrected chi connectivity index (χ4v) is 0.962. The molecule has 14 heavy (non-hydrogen) atoms. The zero-order valence-corrected chi connectivity index (χ0v) is 7.40. The summed E-state index contributed by atoms with van der Waals surface area (Å²) in [6, 6.07) is 4.69. The number of benzene rings is 1. The summed E-state index contributed by atoms with van der Waals surface area (Å²) in [6.07, 6.45) is 0.218. The molecule has 4 nitrogen and oxygen atoms in total. The Labute approximate surface area is 80.5 Å². The van der Waals surface area contributed by atoms with Gasteiger partial charge in [-0.1, -0.05) is 12.1 Å². The molecule has 0 aromatic heterocycles. The molecule has 0 fully saturated rings. The van der Waals surface area contributed by atoms with Crippen molar-refractivity contribution in [2.75, 3.05) is 0 Å². The average molecular weight is 201 g/mol. The lowest BCUT2D eigenvalue weighted by molar-refractivity contribution is -0.138. The van der Waals surface area contributed by atoms with Gasteiger partial charge in [-0.2, -0.15) is 0 Å². The number of carbonyl (C=O) groups is 1. The van der Waals surface area contributed by atoms with E-state index < -0.39 is 12.0 Å². The largest absolute Gasteiger partial charge is 0.480 e. The quantitative estimate of drug-likeness (QED) is 0.718. The number of rotatable bonds is 3. The van der Waals surface area contributed by atoms with Crippen LogP contribution in [0.15, 0.2) is 24.3 Å². The first-order valence-corrected chi connectivity index (χ1v) is 3.82. The zero-order chi connectivity index (χ0) is 9.84. The third-order valence-corrected chi connectivity index (χ3v) is 1.69. The van der Waals surface area contributed by atoms with Gasteiger partial charge in [0.15, 0.2) is 0 Å². The molecule has 0 aliphatic carbocycles. The van der Waals surface area contributed by atoms with Gasteiger partial charge in [-0.25, -0.2) is 4.39 Å². The monoisotopic (exact) mass is 201 g/mol. The van der Waals surface area contributed by atoms with E-state index in [-0.39, 0.29) is 17.7 Å². The van der Waals surface area contributed by atoms with E-state index in [0.717, 1.165) is 5.56 Å². The predicted octanol–water partition coefficient (Wildman–Crippen LogP) is -0.0446. The van der Waals surface area contributed by atoms with Crippen molar-refractivity contribution in [3.63, 3.8) is 0 Å². The van der Waals surface area contributed by atoms with Crippen LogP contribution in [-0.2, 0) is 11.2 Å². The van der Waals surface area contributed by atoms with Gasteiger partial charge in [-0.3, -0.25) is 4.79 Å². The number of nitrogens with two attached hydrogens (primary N) is 1. The zero-order valence-electron chi connectivity index (χ0n) is 7.40. The molecule has 0 spiro atoms. The van der Waals surface area contributed by atoms with Crippen molar-refractivity contribution in [1.29, 1.82) is 0 Å². The molecule has 0 saturated heterocycles. The minimum Gasteiger partial charge on any atom is -0.480 e. The summed E-state index contributed by atoms with van der Waals surface area (Å²) in [5.41, 5.74) is 6.01. The maximum absolute atomic E-state index is 12.4. The first-order chi connectivity index (χ1) is 6.09. The second kappa shape index (κ2) is 5.31. The van der Waals surface area contributed by atoms with E-state index in [9.17, 15) is 9.18 Å². The van der Waals surface area contributed by atoms with Crippen LogP contribution in [0.25, 0.3) is 0 Å². The highest BCUT2D eigenvalue weighted by Gasteiger charge is 2.11. The highest BCUT2D eigenvalue weighted by molar-refractivity contribution is 5.73. The van der Waals surface area contributed by atoms with Crippen LogP contribution in [0, 0.1) is 5.82 Å². The van der Waals surface area contributed by atoms with Gasteiger partial charge < -0.3 is 16.3 Å². The van der Waals surface area contributed by atoms with Crippen LogP contribution in [0.4, 0.5) is 4.39 Å². The van der Waals surface area contributed by atoms with E-state index in [2.05, 4.69) is 0 Å². The summed E-state index contributed by atoms with van der Waals surface area (Å²) in [6.45, 7) is 0. The first-order valence-electron chi connectivity index (χ1n) is 3.82. The molecule has 1 aromatic rings. The second-order valence-corrected chi connectivity index (χ2v) is 2.78. The highest BCUT2D eigenvalue weighted by atomic mass is 19.1. The molecular formula is C9H12FNO3. The molecule has 0 aliphatic rings. The number of carboxylic acid groups (broad SMARTS) is 1. The Morgan fingerprint density at radius 2 is 1.93 bits per heavy atom. The van der Waals surface area contributed by atoms with Crippen molar-refractivity contribution in [2.24, 2.45) is 5.73 Å². The van der Waals surface area contributed by atoms with E-state index >= 15 is 0 Å². The highest BCUT2D eigenvalue weighted by Crippen LogP contribution is 2.04. The van der Waals surface area contributed by atoms with E-state index in [1.54, 1.807) is 0 Å². The molecule has 5 heteroatoms. The first kappa shape index (κ1) is 12.5. The van der Waals surface area contributed by atoms with Crippen LogP contribution in [0.3, 0.4) is 0 Å². The summed E-state index contributed by atoms with van der Waals surface area (Å²) in [5.74, 6) is -1.39. The van der Waals surface area contributed by atoms with E-state index in [4.69, 9.17) is 10.8 Å². The lowest BCUT2D eigenvalue weighted by atomic mass is 10.1. The van der Waals surface area contributed by atoms with Crippen LogP contribution in [0.5, 0.6) is 0 Å². The summed E-state index contributed by atoms with van der Waals surface area (Å²) >= 11 is 0. The Hall–Kier alpha value is -1.46. The van der Waals surface area contributed by atoms with Gasteiger partial charge in [0.05, 0.1) is 0 Å². The summed E-state index contributed by atoms with van der Waals surface area (Å²) < 4.78 is 12.4.